The number of para-hydroxylation sites is 1. The number of hydrogen-bond donors (Lipinski definition) is 2. The van der Waals surface area contributed by atoms with Crippen molar-refractivity contribution in [2.75, 3.05) is 18.4 Å². The summed E-state index contributed by atoms with van der Waals surface area (Å²) in [7, 11) is -3.61. The van der Waals surface area contributed by atoms with Crippen molar-refractivity contribution in [3.05, 3.63) is 53.5 Å². The number of hydrogen-bond acceptors (Lipinski definition) is 6. The van der Waals surface area contributed by atoms with Gasteiger partial charge >= 0.3 is 0 Å². The first-order valence-electron chi connectivity index (χ1n) is 9.81. The molecule has 1 aromatic carbocycles. The molecule has 30 heavy (non-hydrogen) atoms. The molecule has 1 fully saturated rings. The van der Waals surface area contributed by atoms with Crippen LogP contribution in [0.15, 0.2) is 41.3 Å². The summed E-state index contributed by atoms with van der Waals surface area (Å²) in [5.41, 5.74) is 2.56. The SMILES string of the molecule is Cc1cc(C)n2nc(C(=O)N3CCC4(CC3)Nc3ccccc3S(=O)(=O)N4)cc2n1. The second-order valence-electron chi connectivity index (χ2n) is 7.94. The molecule has 2 aliphatic heterocycles. The number of rotatable bonds is 1. The van der Waals surface area contributed by atoms with E-state index in [0.29, 0.717) is 43.0 Å². The molecule has 2 aliphatic rings. The van der Waals surface area contributed by atoms with Crippen molar-refractivity contribution in [3.8, 4) is 0 Å². The smallest absolute Gasteiger partial charge is 0.274 e. The maximum atomic E-state index is 13.0. The van der Waals surface area contributed by atoms with E-state index in [1.807, 2.05) is 19.9 Å². The molecule has 156 valence electrons. The van der Waals surface area contributed by atoms with Gasteiger partial charge in [-0.25, -0.2) is 17.9 Å². The summed E-state index contributed by atoms with van der Waals surface area (Å²) in [4.78, 5) is 19.4. The van der Waals surface area contributed by atoms with Gasteiger partial charge in [-0.2, -0.15) is 9.82 Å². The molecule has 5 rings (SSSR count). The number of aryl methyl sites for hydroxylation is 2. The number of nitrogens with one attached hydrogen (secondary N) is 2. The van der Waals surface area contributed by atoms with Gasteiger partial charge in [-0.1, -0.05) is 12.1 Å². The number of piperidine rings is 1. The van der Waals surface area contributed by atoms with Crippen LogP contribution in [0.1, 0.15) is 34.7 Å². The number of anilines is 1. The van der Waals surface area contributed by atoms with E-state index >= 15 is 0 Å². The van der Waals surface area contributed by atoms with Crippen LogP contribution in [0.3, 0.4) is 0 Å². The van der Waals surface area contributed by atoms with E-state index < -0.39 is 15.7 Å². The van der Waals surface area contributed by atoms with Crippen LogP contribution in [0.4, 0.5) is 5.69 Å². The number of nitrogens with zero attached hydrogens (tertiary/aromatic N) is 4. The van der Waals surface area contributed by atoms with Crippen LogP contribution in [0.25, 0.3) is 5.65 Å². The highest BCUT2D eigenvalue weighted by Crippen LogP contribution is 2.35. The molecule has 10 heteroatoms. The quantitative estimate of drug-likeness (QED) is 0.613. The molecule has 0 aliphatic carbocycles. The molecule has 2 N–H and O–H groups in total. The standard InChI is InChI=1S/C20H22N6O3S/c1-13-11-14(2)26-18(21-13)12-16(23-26)19(27)25-9-7-20(8-10-25)22-15-5-3-4-6-17(15)30(28,29)24-20/h3-6,11-12,22,24H,7-10H2,1-2H3. The van der Waals surface area contributed by atoms with Gasteiger partial charge in [-0.3, -0.25) is 4.79 Å². The minimum atomic E-state index is -3.61. The largest absolute Gasteiger partial charge is 0.365 e. The lowest BCUT2D eigenvalue weighted by atomic mass is 9.97. The summed E-state index contributed by atoms with van der Waals surface area (Å²) in [5, 5.41) is 7.77. The van der Waals surface area contributed by atoms with E-state index in [-0.39, 0.29) is 10.8 Å². The van der Waals surface area contributed by atoms with Crippen LogP contribution in [-0.2, 0) is 10.0 Å². The highest BCUT2D eigenvalue weighted by Gasteiger charge is 2.43. The summed E-state index contributed by atoms with van der Waals surface area (Å²) < 4.78 is 29.8. The average molecular weight is 427 g/mol. The van der Waals surface area contributed by atoms with E-state index in [2.05, 4.69) is 20.1 Å². The predicted molar refractivity (Wildman–Crippen MR) is 111 cm³/mol. The molecule has 0 radical (unpaired) electrons. The van der Waals surface area contributed by atoms with Gasteiger partial charge in [0.25, 0.3) is 5.91 Å². The fourth-order valence-electron chi connectivity index (χ4n) is 4.27. The second-order valence-corrected chi connectivity index (χ2v) is 9.59. The number of benzene rings is 1. The molecule has 0 bridgehead atoms. The number of sulfonamides is 1. The monoisotopic (exact) mass is 426 g/mol. The van der Waals surface area contributed by atoms with Crippen molar-refractivity contribution in [2.24, 2.45) is 0 Å². The van der Waals surface area contributed by atoms with Crippen LogP contribution in [0.5, 0.6) is 0 Å². The van der Waals surface area contributed by atoms with Crippen LogP contribution < -0.4 is 10.0 Å². The molecule has 0 unspecified atom stereocenters. The van der Waals surface area contributed by atoms with Crippen molar-refractivity contribution < 1.29 is 13.2 Å². The summed E-state index contributed by atoms with van der Waals surface area (Å²) in [6.07, 6.45) is 0.909. The highest BCUT2D eigenvalue weighted by atomic mass is 32.2. The number of fused-ring (bicyclic) bond motifs is 2. The van der Waals surface area contributed by atoms with Gasteiger partial charge in [-0.05, 0) is 32.0 Å². The Balaban J connectivity index is 1.36. The Labute approximate surface area is 174 Å². The zero-order valence-corrected chi connectivity index (χ0v) is 17.5. The van der Waals surface area contributed by atoms with Gasteiger partial charge in [0.05, 0.1) is 5.69 Å². The van der Waals surface area contributed by atoms with Crippen molar-refractivity contribution in [3.63, 3.8) is 0 Å². The molecule has 1 saturated heterocycles. The van der Waals surface area contributed by atoms with Crippen molar-refractivity contribution in [1.29, 1.82) is 0 Å². The lowest BCUT2D eigenvalue weighted by molar-refractivity contribution is 0.0669. The lowest BCUT2D eigenvalue weighted by Gasteiger charge is -2.45. The zero-order chi connectivity index (χ0) is 21.1. The average Bonchev–Trinajstić information content (AvgIpc) is 3.12. The van der Waals surface area contributed by atoms with Crippen LogP contribution in [0.2, 0.25) is 0 Å². The maximum absolute atomic E-state index is 13.0. The first-order chi connectivity index (χ1) is 14.3. The molecular weight excluding hydrogens is 404 g/mol. The number of carbonyl (C=O) groups excluding carboxylic acids is 1. The van der Waals surface area contributed by atoms with E-state index in [9.17, 15) is 13.2 Å². The molecule has 1 amide bonds. The Morgan fingerprint density at radius 3 is 2.63 bits per heavy atom. The maximum Gasteiger partial charge on any atom is 0.274 e. The lowest BCUT2D eigenvalue weighted by Crippen LogP contribution is -2.62. The molecule has 2 aromatic heterocycles. The number of likely N-dealkylation sites (tertiary alicyclic amines) is 1. The second kappa shape index (κ2) is 6.51. The summed E-state index contributed by atoms with van der Waals surface area (Å²) in [5.74, 6) is -0.175. The number of amides is 1. The Morgan fingerprint density at radius 2 is 1.87 bits per heavy atom. The van der Waals surface area contributed by atoms with Gasteiger partial charge in [0.2, 0.25) is 10.0 Å². The normalized spacial score (nSPS) is 19.5. The summed E-state index contributed by atoms with van der Waals surface area (Å²) in [6.45, 7) is 4.65. The zero-order valence-electron chi connectivity index (χ0n) is 16.7. The van der Waals surface area contributed by atoms with Crippen LogP contribution in [0, 0.1) is 13.8 Å². The molecule has 0 atom stereocenters. The first kappa shape index (κ1) is 19.0. The van der Waals surface area contributed by atoms with Crippen molar-refractivity contribution in [2.45, 2.75) is 37.2 Å². The number of carbonyl (C=O) groups is 1. The van der Waals surface area contributed by atoms with Gasteiger partial charge in [0.1, 0.15) is 10.6 Å². The summed E-state index contributed by atoms with van der Waals surface area (Å²) >= 11 is 0. The minimum Gasteiger partial charge on any atom is -0.365 e. The summed E-state index contributed by atoms with van der Waals surface area (Å²) in [6, 6.07) is 10.5. The highest BCUT2D eigenvalue weighted by molar-refractivity contribution is 7.89. The van der Waals surface area contributed by atoms with E-state index in [1.165, 1.54) is 0 Å². The Hall–Kier alpha value is -2.98. The predicted octanol–water partition coefficient (Wildman–Crippen LogP) is 1.68. The Kier molecular flexibility index (Phi) is 4.13. The Morgan fingerprint density at radius 1 is 1.13 bits per heavy atom. The van der Waals surface area contributed by atoms with Crippen LogP contribution in [-0.4, -0.2) is 52.6 Å². The molecular formula is C20H22N6O3S. The van der Waals surface area contributed by atoms with E-state index in [1.54, 1.807) is 39.7 Å². The molecule has 4 heterocycles. The molecule has 3 aromatic rings. The molecule has 9 nitrogen and oxygen atoms in total. The third-order valence-electron chi connectivity index (χ3n) is 5.74. The van der Waals surface area contributed by atoms with E-state index in [4.69, 9.17) is 0 Å². The van der Waals surface area contributed by atoms with Crippen molar-refractivity contribution in [1.82, 2.24) is 24.2 Å². The van der Waals surface area contributed by atoms with Gasteiger partial charge in [0.15, 0.2) is 11.3 Å². The molecule has 0 saturated carbocycles. The topological polar surface area (TPSA) is 109 Å². The van der Waals surface area contributed by atoms with Gasteiger partial charge in [0, 0.05) is 43.4 Å². The van der Waals surface area contributed by atoms with Crippen molar-refractivity contribution >= 4 is 27.3 Å². The fourth-order valence-corrected chi connectivity index (χ4v) is 5.82. The third-order valence-corrected chi connectivity index (χ3v) is 7.33. The van der Waals surface area contributed by atoms with Crippen LogP contribution >= 0.6 is 0 Å². The third kappa shape index (κ3) is 3.03. The minimum absolute atomic E-state index is 0.175. The van der Waals surface area contributed by atoms with Gasteiger partial charge < -0.3 is 10.2 Å². The van der Waals surface area contributed by atoms with E-state index in [0.717, 1.165) is 11.4 Å². The molecule has 1 spiro atoms. The first-order valence-corrected chi connectivity index (χ1v) is 11.3. The van der Waals surface area contributed by atoms with Gasteiger partial charge in [-0.15, -0.1) is 0 Å². The fraction of sp³-hybridized carbons (Fsp3) is 0.350. The number of aromatic nitrogens is 3. The Bertz CT molecular complexity index is 1270.